The number of aryl methyl sites for hydroxylation is 2. The molecule has 0 saturated heterocycles. The highest BCUT2D eigenvalue weighted by Crippen LogP contribution is 2.41. The number of benzene rings is 1. The summed E-state index contributed by atoms with van der Waals surface area (Å²) < 4.78 is 5.97. The van der Waals surface area contributed by atoms with Crippen molar-refractivity contribution in [3.05, 3.63) is 45.6 Å². The van der Waals surface area contributed by atoms with E-state index in [9.17, 15) is 4.79 Å². The van der Waals surface area contributed by atoms with Gasteiger partial charge in [0, 0.05) is 20.9 Å². The van der Waals surface area contributed by atoms with Crippen molar-refractivity contribution in [2.75, 3.05) is 0 Å². The molecule has 2 aromatic rings. The summed E-state index contributed by atoms with van der Waals surface area (Å²) >= 11 is 1.67. The number of thiophene rings is 1. The van der Waals surface area contributed by atoms with Crippen LogP contribution in [0.15, 0.2) is 30.3 Å². The molecule has 1 aromatic carbocycles. The molecule has 2 rings (SSSR count). The third-order valence-corrected chi connectivity index (χ3v) is 4.40. The summed E-state index contributed by atoms with van der Waals surface area (Å²) in [7, 11) is 0. The minimum Gasteiger partial charge on any atom is -0.367 e. The topological polar surface area (TPSA) is 52.3 Å². The van der Waals surface area contributed by atoms with E-state index in [4.69, 9.17) is 10.5 Å². The molecule has 0 aliphatic heterocycles. The molecule has 0 fully saturated rings. The van der Waals surface area contributed by atoms with Gasteiger partial charge in [0.1, 0.15) is 0 Å². The molecule has 1 atom stereocenters. The van der Waals surface area contributed by atoms with Crippen molar-refractivity contribution in [2.45, 2.75) is 46.3 Å². The van der Waals surface area contributed by atoms with Gasteiger partial charge >= 0.3 is 0 Å². The Hall–Kier alpha value is -1.65. The maximum atomic E-state index is 12.0. The van der Waals surface area contributed by atoms with E-state index in [1.807, 2.05) is 58.0 Å². The molecule has 118 valence electrons. The smallest absolute Gasteiger partial charge is 0.251 e. The van der Waals surface area contributed by atoms with Gasteiger partial charge in [-0.2, -0.15) is 0 Å². The van der Waals surface area contributed by atoms with Gasteiger partial charge in [-0.25, -0.2) is 0 Å². The van der Waals surface area contributed by atoms with Crippen LogP contribution in [0.1, 0.15) is 42.2 Å². The van der Waals surface area contributed by atoms with Crippen molar-refractivity contribution in [2.24, 2.45) is 5.73 Å². The Balaban J connectivity index is 2.61. The van der Waals surface area contributed by atoms with Gasteiger partial charge in [-0.05, 0) is 40.2 Å². The lowest BCUT2D eigenvalue weighted by molar-refractivity contribution is -0.139. The van der Waals surface area contributed by atoms with Gasteiger partial charge < -0.3 is 10.5 Å². The van der Waals surface area contributed by atoms with Crippen molar-refractivity contribution in [3.63, 3.8) is 0 Å². The number of nitrogens with two attached hydrogens (primary N) is 1. The highest BCUT2D eigenvalue weighted by molar-refractivity contribution is 7.12. The number of amides is 1. The van der Waals surface area contributed by atoms with Crippen LogP contribution in [0.2, 0.25) is 0 Å². The molecule has 0 saturated carbocycles. The maximum Gasteiger partial charge on any atom is 0.251 e. The number of carbonyl (C=O) groups is 1. The fourth-order valence-corrected chi connectivity index (χ4v) is 3.70. The molecule has 0 aliphatic rings. The van der Waals surface area contributed by atoms with Gasteiger partial charge in [0.15, 0.2) is 6.10 Å². The number of primary amides is 1. The predicted molar refractivity (Wildman–Crippen MR) is 92.0 cm³/mol. The monoisotopic (exact) mass is 317 g/mol. The first-order chi connectivity index (χ1) is 10.2. The first kappa shape index (κ1) is 16.7. The maximum absolute atomic E-state index is 12.0. The Morgan fingerprint density at radius 3 is 2.23 bits per heavy atom. The molecule has 1 unspecified atom stereocenters. The van der Waals surface area contributed by atoms with Crippen molar-refractivity contribution in [3.8, 4) is 11.1 Å². The minimum absolute atomic E-state index is 0.448. The molecule has 0 radical (unpaired) electrons. The Morgan fingerprint density at radius 1 is 1.14 bits per heavy atom. The molecule has 4 heteroatoms. The molecular weight excluding hydrogens is 294 g/mol. The molecule has 3 nitrogen and oxygen atoms in total. The van der Waals surface area contributed by atoms with E-state index in [1.54, 1.807) is 11.3 Å². The summed E-state index contributed by atoms with van der Waals surface area (Å²) in [5.74, 6) is -0.451. The lowest BCUT2D eigenvalue weighted by Crippen LogP contribution is -2.31. The molecular formula is C18H23NO2S. The van der Waals surface area contributed by atoms with Gasteiger partial charge in [0.05, 0.1) is 5.60 Å². The second-order valence-corrected chi connectivity index (χ2v) is 7.81. The second-order valence-electron chi connectivity index (χ2n) is 6.38. The van der Waals surface area contributed by atoms with Crippen LogP contribution < -0.4 is 5.73 Å². The standard InChI is InChI=1S/C18H23NO2S/c1-11-14(13-9-7-6-8-10-13)15(12(2)22-11)16(17(19)20)21-18(3,4)5/h6-10,16H,1-5H3,(H2,19,20). The van der Waals surface area contributed by atoms with Crippen LogP contribution in [-0.4, -0.2) is 11.5 Å². The Kier molecular flexibility index (Phi) is 4.73. The minimum atomic E-state index is -0.736. The van der Waals surface area contributed by atoms with Gasteiger partial charge in [-0.1, -0.05) is 30.3 Å². The first-order valence-electron chi connectivity index (χ1n) is 7.33. The summed E-state index contributed by atoms with van der Waals surface area (Å²) in [6, 6.07) is 10.1. The van der Waals surface area contributed by atoms with Gasteiger partial charge in [0.2, 0.25) is 0 Å². The van der Waals surface area contributed by atoms with Crippen LogP contribution in [0.5, 0.6) is 0 Å². The zero-order valence-electron chi connectivity index (χ0n) is 13.8. The van der Waals surface area contributed by atoms with Gasteiger partial charge in [-0.15, -0.1) is 11.3 Å². The van der Waals surface area contributed by atoms with E-state index in [2.05, 4.69) is 6.92 Å². The molecule has 0 bridgehead atoms. The molecule has 0 spiro atoms. The van der Waals surface area contributed by atoms with E-state index in [0.717, 1.165) is 21.6 Å². The zero-order valence-corrected chi connectivity index (χ0v) is 14.6. The van der Waals surface area contributed by atoms with Gasteiger partial charge in [-0.3, -0.25) is 4.79 Å². The van der Waals surface area contributed by atoms with Crippen LogP contribution in [0.3, 0.4) is 0 Å². The number of rotatable bonds is 4. The molecule has 2 N–H and O–H groups in total. The van der Waals surface area contributed by atoms with Crippen LogP contribution in [0.25, 0.3) is 11.1 Å². The SMILES string of the molecule is Cc1sc(C)c(C(OC(C)(C)C)C(N)=O)c1-c1ccccc1. The lowest BCUT2D eigenvalue weighted by Gasteiger charge is -2.27. The second kappa shape index (κ2) is 6.23. The quantitative estimate of drug-likeness (QED) is 0.910. The van der Waals surface area contributed by atoms with E-state index in [0.29, 0.717) is 0 Å². The van der Waals surface area contributed by atoms with E-state index >= 15 is 0 Å². The Labute approximate surface area is 136 Å². The fourth-order valence-electron chi connectivity index (χ4n) is 2.59. The number of hydrogen-bond donors (Lipinski definition) is 1. The normalized spacial score (nSPS) is 13.1. The number of carbonyl (C=O) groups excluding carboxylic acids is 1. The fraction of sp³-hybridized carbons (Fsp3) is 0.389. The average Bonchev–Trinajstić information content (AvgIpc) is 2.70. The van der Waals surface area contributed by atoms with E-state index < -0.39 is 17.6 Å². The molecule has 1 heterocycles. The van der Waals surface area contributed by atoms with Crippen molar-refractivity contribution in [1.82, 2.24) is 0 Å². The number of hydrogen-bond acceptors (Lipinski definition) is 3. The summed E-state index contributed by atoms with van der Waals surface area (Å²) in [6.45, 7) is 9.87. The molecule has 22 heavy (non-hydrogen) atoms. The third-order valence-electron chi connectivity index (χ3n) is 3.36. The molecule has 1 amide bonds. The first-order valence-corrected chi connectivity index (χ1v) is 8.15. The lowest BCUT2D eigenvalue weighted by atomic mass is 9.96. The summed E-state index contributed by atoms with van der Waals surface area (Å²) in [6.07, 6.45) is -0.736. The molecule has 1 aromatic heterocycles. The van der Waals surface area contributed by atoms with E-state index in [1.165, 1.54) is 4.88 Å². The van der Waals surface area contributed by atoms with Gasteiger partial charge in [0.25, 0.3) is 5.91 Å². The number of ether oxygens (including phenoxy) is 1. The zero-order chi connectivity index (χ0) is 16.5. The van der Waals surface area contributed by atoms with Crippen LogP contribution >= 0.6 is 11.3 Å². The van der Waals surface area contributed by atoms with Crippen molar-refractivity contribution in [1.29, 1.82) is 0 Å². The van der Waals surface area contributed by atoms with Crippen LogP contribution in [-0.2, 0) is 9.53 Å². The van der Waals surface area contributed by atoms with Crippen molar-refractivity contribution >= 4 is 17.2 Å². The van der Waals surface area contributed by atoms with Crippen molar-refractivity contribution < 1.29 is 9.53 Å². The third kappa shape index (κ3) is 3.57. The Morgan fingerprint density at radius 2 is 1.73 bits per heavy atom. The van der Waals surface area contributed by atoms with Crippen LogP contribution in [0, 0.1) is 13.8 Å². The highest BCUT2D eigenvalue weighted by Gasteiger charge is 2.31. The summed E-state index contributed by atoms with van der Waals surface area (Å²) in [4.78, 5) is 14.3. The average molecular weight is 317 g/mol. The summed E-state index contributed by atoms with van der Waals surface area (Å²) in [5.41, 5.74) is 8.24. The largest absolute Gasteiger partial charge is 0.367 e. The Bertz CT molecular complexity index is 668. The summed E-state index contributed by atoms with van der Waals surface area (Å²) in [5, 5.41) is 0. The highest BCUT2D eigenvalue weighted by atomic mass is 32.1. The van der Waals surface area contributed by atoms with E-state index in [-0.39, 0.29) is 0 Å². The molecule has 0 aliphatic carbocycles. The van der Waals surface area contributed by atoms with Crippen LogP contribution in [0.4, 0.5) is 0 Å². The predicted octanol–water partition coefficient (Wildman–Crippen LogP) is 4.37.